The summed E-state index contributed by atoms with van der Waals surface area (Å²) in [7, 11) is 1.64. The van der Waals surface area contributed by atoms with Gasteiger partial charge < -0.3 is 19.7 Å². The monoisotopic (exact) mass is 344 g/mol. The molecule has 1 saturated heterocycles. The zero-order valence-corrected chi connectivity index (χ0v) is 14.6. The molecule has 1 aromatic carbocycles. The Balaban J connectivity index is 1.58. The highest BCUT2D eigenvalue weighted by molar-refractivity contribution is 5.74. The van der Waals surface area contributed by atoms with E-state index in [2.05, 4.69) is 10.4 Å². The number of hydrogen-bond acceptors (Lipinski definition) is 4. The number of ether oxygens (including phenoxy) is 2. The molecular formula is C18H24N4O3. The number of nitrogens with zero attached hydrogens (tertiary/aromatic N) is 3. The molecule has 0 unspecified atom stereocenters. The molecule has 0 spiro atoms. The summed E-state index contributed by atoms with van der Waals surface area (Å²) in [6.07, 6.45) is 4.60. The molecule has 1 atom stereocenters. The molecule has 2 amide bonds. The van der Waals surface area contributed by atoms with Crippen molar-refractivity contribution in [3.8, 4) is 11.4 Å². The van der Waals surface area contributed by atoms with Crippen LogP contribution in [0, 0.1) is 0 Å². The first kappa shape index (κ1) is 17.3. The van der Waals surface area contributed by atoms with Crippen molar-refractivity contribution in [3.05, 3.63) is 42.2 Å². The standard InChI is InChI=1S/C18H24N4O3/c1-14-12-21(7-4-8-25-14)18(23)19-10-15-11-20-22(13-15)16-5-3-6-17(9-16)24-2/h3,5-6,9,11,13-14H,4,7-8,10,12H2,1-2H3,(H,19,23)/t14-/m1/s1. The first-order chi connectivity index (χ1) is 12.2. The Hall–Kier alpha value is -2.54. The van der Waals surface area contributed by atoms with Crippen molar-refractivity contribution in [1.29, 1.82) is 0 Å². The van der Waals surface area contributed by atoms with Crippen molar-refractivity contribution in [3.63, 3.8) is 0 Å². The molecule has 25 heavy (non-hydrogen) atoms. The number of carbonyl (C=O) groups is 1. The maximum Gasteiger partial charge on any atom is 0.317 e. The van der Waals surface area contributed by atoms with E-state index in [-0.39, 0.29) is 12.1 Å². The quantitative estimate of drug-likeness (QED) is 0.923. The van der Waals surface area contributed by atoms with E-state index in [1.165, 1.54) is 0 Å². The fourth-order valence-electron chi connectivity index (χ4n) is 2.81. The summed E-state index contributed by atoms with van der Waals surface area (Å²) in [5, 5.41) is 7.31. The number of hydrogen-bond donors (Lipinski definition) is 1. The van der Waals surface area contributed by atoms with Gasteiger partial charge >= 0.3 is 6.03 Å². The molecular weight excluding hydrogens is 320 g/mol. The number of rotatable bonds is 4. The maximum atomic E-state index is 12.3. The first-order valence-electron chi connectivity index (χ1n) is 8.48. The Morgan fingerprint density at radius 1 is 1.48 bits per heavy atom. The number of nitrogens with one attached hydrogen (secondary N) is 1. The van der Waals surface area contributed by atoms with Gasteiger partial charge in [-0.3, -0.25) is 0 Å². The average molecular weight is 344 g/mol. The van der Waals surface area contributed by atoms with Gasteiger partial charge in [-0.05, 0) is 25.5 Å². The van der Waals surface area contributed by atoms with Crippen LogP contribution in [0.1, 0.15) is 18.9 Å². The lowest BCUT2D eigenvalue weighted by molar-refractivity contribution is 0.0710. The molecule has 1 N–H and O–H groups in total. The largest absolute Gasteiger partial charge is 0.497 e. The molecule has 0 aliphatic carbocycles. The minimum absolute atomic E-state index is 0.0634. The molecule has 1 fully saturated rings. The van der Waals surface area contributed by atoms with E-state index in [1.807, 2.05) is 42.3 Å². The van der Waals surface area contributed by atoms with Crippen LogP contribution in [0.25, 0.3) is 5.69 Å². The summed E-state index contributed by atoms with van der Waals surface area (Å²) in [6, 6.07) is 7.61. The SMILES string of the molecule is COc1cccc(-n2cc(CNC(=O)N3CCCO[C@H](C)C3)cn2)c1. The fourth-order valence-corrected chi connectivity index (χ4v) is 2.81. The molecule has 2 heterocycles. The predicted molar refractivity (Wildman–Crippen MR) is 94.0 cm³/mol. The fraction of sp³-hybridized carbons (Fsp3) is 0.444. The summed E-state index contributed by atoms with van der Waals surface area (Å²) in [5.74, 6) is 0.778. The van der Waals surface area contributed by atoms with Gasteiger partial charge in [0, 0.05) is 44.1 Å². The van der Waals surface area contributed by atoms with Crippen LogP contribution in [-0.4, -0.2) is 53.6 Å². The van der Waals surface area contributed by atoms with E-state index < -0.39 is 0 Å². The molecule has 134 valence electrons. The smallest absolute Gasteiger partial charge is 0.317 e. The lowest BCUT2D eigenvalue weighted by Crippen LogP contribution is -2.42. The van der Waals surface area contributed by atoms with Gasteiger partial charge in [0.1, 0.15) is 5.75 Å². The summed E-state index contributed by atoms with van der Waals surface area (Å²) in [6.45, 7) is 4.48. The molecule has 3 rings (SSSR count). The van der Waals surface area contributed by atoms with Crippen LogP contribution in [-0.2, 0) is 11.3 Å². The number of carbonyl (C=O) groups excluding carboxylic acids is 1. The summed E-state index contributed by atoms with van der Waals surface area (Å²) in [5.41, 5.74) is 1.85. The summed E-state index contributed by atoms with van der Waals surface area (Å²) in [4.78, 5) is 14.2. The Labute approximate surface area is 147 Å². The molecule has 1 aromatic heterocycles. The van der Waals surface area contributed by atoms with Crippen molar-refractivity contribution >= 4 is 6.03 Å². The molecule has 0 saturated carbocycles. The molecule has 0 radical (unpaired) electrons. The van der Waals surface area contributed by atoms with Gasteiger partial charge in [-0.2, -0.15) is 5.10 Å². The number of benzene rings is 1. The third-order valence-electron chi connectivity index (χ3n) is 4.14. The molecule has 1 aliphatic rings. The lowest BCUT2D eigenvalue weighted by Gasteiger charge is -2.22. The van der Waals surface area contributed by atoms with Crippen molar-refractivity contribution in [2.24, 2.45) is 0 Å². The van der Waals surface area contributed by atoms with Crippen LogP contribution in [0.2, 0.25) is 0 Å². The lowest BCUT2D eigenvalue weighted by atomic mass is 10.3. The van der Waals surface area contributed by atoms with Crippen LogP contribution in [0.5, 0.6) is 5.75 Å². The van der Waals surface area contributed by atoms with Crippen LogP contribution >= 0.6 is 0 Å². The van der Waals surface area contributed by atoms with Crippen molar-refractivity contribution in [1.82, 2.24) is 20.0 Å². The predicted octanol–water partition coefficient (Wildman–Crippen LogP) is 2.20. The van der Waals surface area contributed by atoms with E-state index in [9.17, 15) is 4.79 Å². The van der Waals surface area contributed by atoms with Gasteiger partial charge in [0.25, 0.3) is 0 Å². The van der Waals surface area contributed by atoms with Crippen molar-refractivity contribution in [2.75, 3.05) is 26.8 Å². The van der Waals surface area contributed by atoms with Crippen molar-refractivity contribution < 1.29 is 14.3 Å². The molecule has 7 nitrogen and oxygen atoms in total. The van der Waals surface area contributed by atoms with Gasteiger partial charge in [0.15, 0.2) is 0 Å². The second-order valence-corrected chi connectivity index (χ2v) is 6.13. The first-order valence-corrected chi connectivity index (χ1v) is 8.48. The zero-order chi connectivity index (χ0) is 17.6. The summed E-state index contributed by atoms with van der Waals surface area (Å²) < 4.78 is 12.6. The molecule has 1 aliphatic heterocycles. The second-order valence-electron chi connectivity index (χ2n) is 6.13. The second kappa shape index (κ2) is 8.02. The number of aromatic nitrogens is 2. The topological polar surface area (TPSA) is 68.6 Å². The van der Waals surface area contributed by atoms with Crippen LogP contribution in [0.3, 0.4) is 0 Å². The van der Waals surface area contributed by atoms with Crippen molar-refractivity contribution in [2.45, 2.75) is 26.0 Å². The number of amides is 2. The summed E-state index contributed by atoms with van der Waals surface area (Å²) >= 11 is 0. The zero-order valence-electron chi connectivity index (χ0n) is 14.6. The Morgan fingerprint density at radius 2 is 2.36 bits per heavy atom. The third kappa shape index (κ3) is 4.51. The van der Waals surface area contributed by atoms with Gasteiger partial charge in [-0.25, -0.2) is 9.48 Å². The highest BCUT2D eigenvalue weighted by Gasteiger charge is 2.19. The van der Waals surface area contributed by atoms with E-state index in [0.29, 0.717) is 19.7 Å². The van der Waals surface area contributed by atoms with Gasteiger partial charge in [0.05, 0.1) is 25.1 Å². The van der Waals surface area contributed by atoms with E-state index >= 15 is 0 Å². The Kier molecular flexibility index (Phi) is 5.55. The van der Waals surface area contributed by atoms with Gasteiger partial charge in [0.2, 0.25) is 0 Å². The molecule has 2 aromatic rings. The minimum Gasteiger partial charge on any atom is -0.497 e. The van der Waals surface area contributed by atoms with Gasteiger partial charge in [-0.1, -0.05) is 6.07 Å². The third-order valence-corrected chi connectivity index (χ3v) is 4.14. The normalized spacial score (nSPS) is 17.8. The van der Waals surface area contributed by atoms with E-state index in [0.717, 1.165) is 30.0 Å². The highest BCUT2D eigenvalue weighted by atomic mass is 16.5. The maximum absolute atomic E-state index is 12.3. The molecule has 7 heteroatoms. The molecule has 0 bridgehead atoms. The Bertz CT molecular complexity index is 716. The Morgan fingerprint density at radius 3 is 3.20 bits per heavy atom. The number of urea groups is 1. The van der Waals surface area contributed by atoms with Crippen LogP contribution < -0.4 is 10.1 Å². The van der Waals surface area contributed by atoms with E-state index in [4.69, 9.17) is 9.47 Å². The van der Waals surface area contributed by atoms with Crippen LogP contribution in [0.4, 0.5) is 4.79 Å². The van der Waals surface area contributed by atoms with E-state index in [1.54, 1.807) is 18.0 Å². The minimum atomic E-state index is -0.0634. The average Bonchev–Trinajstić information content (AvgIpc) is 3.00. The number of methoxy groups -OCH3 is 1. The van der Waals surface area contributed by atoms with Crippen LogP contribution in [0.15, 0.2) is 36.7 Å². The van der Waals surface area contributed by atoms with Gasteiger partial charge in [-0.15, -0.1) is 0 Å². The highest BCUT2D eigenvalue weighted by Crippen LogP contribution is 2.16.